The summed E-state index contributed by atoms with van der Waals surface area (Å²) in [4.78, 5) is 25.4. The van der Waals surface area contributed by atoms with Crippen LogP contribution in [-0.2, 0) is 11.8 Å². The van der Waals surface area contributed by atoms with Crippen LogP contribution < -0.4 is 15.6 Å². The highest BCUT2D eigenvalue weighted by atomic mass is 16.5. The number of anilines is 1. The molecule has 7 nitrogen and oxygen atoms in total. The lowest BCUT2D eigenvalue weighted by molar-refractivity contribution is -0.122. The number of hydrogen-bond acceptors (Lipinski definition) is 4. The van der Waals surface area contributed by atoms with E-state index in [0.717, 1.165) is 0 Å². The second kappa shape index (κ2) is 7.84. The van der Waals surface area contributed by atoms with Crippen molar-refractivity contribution in [3.8, 4) is 17.5 Å². The fourth-order valence-electron chi connectivity index (χ4n) is 2.83. The molecule has 3 aromatic rings. The Bertz CT molecular complexity index is 1110. The standard InChI is InChI=1S/C21H20N4O3/c1-14-19(21(27)25(24(14)3)17-9-5-4-6-10-17)23-20(26)15(2)28-18-11-7-8-16(12-18)13-22/h4-12,15H,1-3H3,(H,23,26). The Kier molecular flexibility index (Phi) is 5.32. The van der Waals surface area contributed by atoms with E-state index in [0.29, 0.717) is 22.7 Å². The molecule has 1 aromatic heterocycles. The van der Waals surface area contributed by atoms with Crippen LogP contribution in [0.4, 0.5) is 5.69 Å². The van der Waals surface area contributed by atoms with E-state index in [1.165, 1.54) is 4.68 Å². The fourth-order valence-corrected chi connectivity index (χ4v) is 2.83. The molecule has 0 saturated carbocycles. The number of rotatable bonds is 5. The van der Waals surface area contributed by atoms with Crippen molar-refractivity contribution in [3.05, 3.63) is 76.2 Å². The summed E-state index contributed by atoms with van der Waals surface area (Å²) in [5.41, 5.74) is 1.66. The van der Waals surface area contributed by atoms with Crippen LogP contribution in [0.15, 0.2) is 59.4 Å². The number of nitrogens with zero attached hydrogens (tertiary/aromatic N) is 3. The number of aromatic nitrogens is 2. The van der Waals surface area contributed by atoms with Gasteiger partial charge in [0.15, 0.2) is 6.10 Å². The number of carbonyl (C=O) groups excluding carboxylic acids is 1. The Hall–Kier alpha value is -3.79. The number of carbonyl (C=O) groups is 1. The molecule has 0 saturated heterocycles. The minimum absolute atomic E-state index is 0.206. The van der Waals surface area contributed by atoms with Crippen molar-refractivity contribution in [2.24, 2.45) is 7.05 Å². The SMILES string of the molecule is Cc1c(NC(=O)C(C)Oc2cccc(C#N)c2)c(=O)n(-c2ccccc2)n1C. The molecular weight excluding hydrogens is 356 g/mol. The quantitative estimate of drug-likeness (QED) is 0.741. The molecule has 142 valence electrons. The minimum atomic E-state index is -0.849. The van der Waals surface area contributed by atoms with Gasteiger partial charge in [0.25, 0.3) is 11.5 Å². The summed E-state index contributed by atoms with van der Waals surface area (Å²) in [5.74, 6) is -0.0402. The van der Waals surface area contributed by atoms with E-state index in [1.807, 2.05) is 36.4 Å². The second-order valence-electron chi connectivity index (χ2n) is 6.33. The van der Waals surface area contributed by atoms with Gasteiger partial charge in [0.2, 0.25) is 0 Å². The topological polar surface area (TPSA) is 89.1 Å². The lowest BCUT2D eigenvalue weighted by atomic mass is 10.2. The smallest absolute Gasteiger partial charge is 0.295 e. The molecule has 0 aliphatic heterocycles. The van der Waals surface area contributed by atoms with Gasteiger partial charge in [-0.1, -0.05) is 24.3 Å². The first kappa shape index (κ1) is 19.0. The highest BCUT2D eigenvalue weighted by molar-refractivity contribution is 5.94. The number of amides is 1. The van der Waals surface area contributed by atoms with Crippen molar-refractivity contribution in [2.45, 2.75) is 20.0 Å². The van der Waals surface area contributed by atoms with Gasteiger partial charge >= 0.3 is 0 Å². The first-order valence-corrected chi connectivity index (χ1v) is 8.74. The largest absolute Gasteiger partial charge is 0.481 e. The zero-order valence-electron chi connectivity index (χ0n) is 15.8. The first-order chi connectivity index (χ1) is 13.4. The zero-order valence-corrected chi connectivity index (χ0v) is 15.8. The van der Waals surface area contributed by atoms with E-state index in [4.69, 9.17) is 10.00 Å². The third-order valence-corrected chi connectivity index (χ3v) is 4.45. The molecule has 0 bridgehead atoms. The summed E-state index contributed by atoms with van der Waals surface area (Å²) in [6, 6.07) is 17.8. The number of hydrogen-bond donors (Lipinski definition) is 1. The molecule has 28 heavy (non-hydrogen) atoms. The Labute approximate surface area is 162 Å². The third kappa shape index (κ3) is 3.67. The maximum Gasteiger partial charge on any atom is 0.295 e. The lowest BCUT2D eigenvalue weighted by Crippen LogP contribution is -2.32. The molecule has 0 fully saturated rings. The molecule has 3 rings (SSSR count). The molecule has 0 radical (unpaired) electrons. The molecule has 7 heteroatoms. The lowest BCUT2D eigenvalue weighted by Gasteiger charge is -2.14. The number of para-hydroxylation sites is 1. The maximum atomic E-state index is 12.9. The third-order valence-electron chi connectivity index (χ3n) is 4.45. The highest BCUT2D eigenvalue weighted by Crippen LogP contribution is 2.17. The highest BCUT2D eigenvalue weighted by Gasteiger charge is 2.22. The van der Waals surface area contributed by atoms with E-state index >= 15 is 0 Å². The van der Waals surface area contributed by atoms with Crippen molar-refractivity contribution in [3.63, 3.8) is 0 Å². The van der Waals surface area contributed by atoms with Crippen LogP contribution >= 0.6 is 0 Å². The molecule has 2 aromatic carbocycles. The Balaban J connectivity index is 1.82. The molecule has 1 unspecified atom stereocenters. The van der Waals surface area contributed by atoms with Gasteiger partial charge in [-0.2, -0.15) is 5.26 Å². The van der Waals surface area contributed by atoms with Gasteiger partial charge in [-0.3, -0.25) is 14.3 Å². The number of benzene rings is 2. The van der Waals surface area contributed by atoms with Gasteiger partial charge in [0.05, 0.1) is 23.0 Å². The summed E-state index contributed by atoms with van der Waals surface area (Å²) in [7, 11) is 1.76. The summed E-state index contributed by atoms with van der Waals surface area (Å²) in [5, 5.41) is 11.6. The summed E-state index contributed by atoms with van der Waals surface area (Å²) >= 11 is 0. The fraction of sp³-hybridized carbons (Fsp3) is 0.190. The predicted octanol–water partition coefficient (Wildman–Crippen LogP) is 2.76. The van der Waals surface area contributed by atoms with Crippen molar-refractivity contribution < 1.29 is 9.53 Å². The van der Waals surface area contributed by atoms with E-state index < -0.39 is 12.0 Å². The molecule has 1 heterocycles. The van der Waals surface area contributed by atoms with Crippen LogP contribution in [0.1, 0.15) is 18.2 Å². The van der Waals surface area contributed by atoms with Gasteiger partial charge in [-0.15, -0.1) is 0 Å². The van der Waals surface area contributed by atoms with E-state index in [9.17, 15) is 9.59 Å². The molecule has 0 aliphatic carbocycles. The maximum absolute atomic E-state index is 12.9. The Morgan fingerprint density at radius 1 is 1.18 bits per heavy atom. The van der Waals surface area contributed by atoms with Crippen molar-refractivity contribution in [1.29, 1.82) is 5.26 Å². The van der Waals surface area contributed by atoms with Crippen molar-refractivity contribution in [2.75, 3.05) is 5.32 Å². The molecule has 0 spiro atoms. The van der Waals surface area contributed by atoms with Crippen molar-refractivity contribution >= 4 is 11.6 Å². The Morgan fingerprint density at radius 2 is 1.89 bits per heavy atom. The van der Waals surface area contributed by atoms with Crippen LogP contribution in [0, 0.1) is 18.3 Å². The van der Waals surface area contributed by atoms with Crippen LogP contribution in [0.5, 0.6) is 5.75 Å². The normalized spacial score (nSPS) is 11.5. The van der Waals surface area contributed by atoms with Gasteiger partial charge in [0.1, 0.15) is 11.4 Å². The molecular formula is C21H20N4O3. The number of nitriles is 1. The van der Waals surface area contributed by atoms with Crippen LogP contribution in [0.25, 0.3) is 5.69 Å². The predicted molar refractivity (Wildman–Crippen MR) is 106 cm³/mol. The van der Waals surface area contributed by atoms with E-state index in [-0.39, 0.29) is 11.2 Å². The van der Waals surface area contributed by atoms with Crippen molar-refractivity contribution in [1.82, 2.24) is 9.36 Å². The summed E-state index contributed by atoms with van der Waals surface area (Å²) < 4.78 is 8.80. The monoisotopic (exact) mass is 376 g/mol. The van der Waals surface area contributed by atoms with E-state index in [2.05, 4.69) is 5.32 Å². The summed E-state index contributed by atoms with van der Waals surface area (Å²) in [6.45, 7) is 3.35. The number of ether oxygens (including phenoxy) is 1. The van der Waals surface area contributed by atoms with Crippen LogP contribution in [-0.4, -0.2) is 21.4 Å². The minimum Gasteiger partial charge on any atom is -0.481 e. The molecule has 1 N–H and O–H groups in total. The Morgan fingerprint density at radius 3 is 2.57 bits per heavy atom. The van der Waals surface area contributed by atoms with Gasteiger partial charge < -0.3 is 10.1 Å². The first-order valence-electron chi connectivity index (χ1n) is 8.74. The second-order valence-corrected chi connectivity index (χ2v) is 6.33. The average molecular weight is 376 g/mol. The molecule has 1 atom stereocenters. The summed E-state index contributed by atoms with van der Waals surface area (Å²) in [6.07, 6.45) is -0.849. The van der Waals surface area contributed by atoms with Crippen LogP contribution in [0.3, 0.4) is 0 Å². The van der Waals surface area contributed by atoms with E-state index in [1.54, 1.807) is 49.8 Å². The van der Waals surface area contributed by atoms with Gasteiger partial charge in [-0.25, -0.2) is 4.68 Å². The molecule has 1 amide bonds. The van der Waals surface area contributed by atoms with Crippen LogP contribution in [0.2, 0.25) is 0 Å². The van der Waals surface area contributed by atoms with Gasteiger partial charge in [0, 0.05) is 7.05 Å². The molecule has 0 aliphatic rings. The zero-order chi connectivity index (χ0) is 20.3. The van der Waals surface area contributed by atoms with Gasteiger partial charge in [-0.05, 0) is 44.2 Å². The number of nitrogens with one attached hydrogen (secondary N) is 1. The average Bonchev–Trinajstić information content (AvgIpc) is 2.92.